The van der Waals surface area contributed by atoms with Gasteiger partial charge in [-0.1, -0.05) is 0 Å². The van der Waals surface area contributed by atoms with Crippen LogP contribution in [0.1, 0.15) is 20.8 Å². The Kier molecular flexibility index (Phi) is 6.70. The summed E-state index contributed by atoms with van der Waals surface area (Å²) in [4.78, 5) is 11.2. The lowest BCUT2D eigenvalue weighted by Crippen LogP contribution is -2.36. The van der Waals surface area contributed by atoms with Crippen molar-refractivity contribution >= 4 is 13.8 Å². The smallest absolute Gasteiger partial charge is 0.407 e. The first-order chi connectivity index (χ1) is 7.72. The highest BCUT2D eigenvalue weighted by molar-refractivity contribution is 7.51. The minimum absolute atomic E-state index is 0.248. The van der Waals surface area contributed by atoms with Crippen molar-refractivity contribution < 1.29 is 23.1 Å². The Balaban J connectivity index is 3.79. The minimum Gasteiger partial charge on any atom is -0.444 e. The Labute approximate surface area is 102 Å². The van der Waals surface area contributed by atoms with Crippen LogP contribution < -0.4 is 10.4 Å². The zero-order valence-corrected chi connectivity index (χ0v) is 11.8. The molecule has 0 spiro atoms. The summed E-state index contributed by atoms with van der Waals surface area (Å²) in [5.74, 6) is 0. The molecular formula is C9H21N2O5P. The summed E-state index contributed by atoms with van der Waals surface area (Å²) in [6.07, 6.45) is -0.524. The number of carbonyl (C=O) groups is 1. The molecule has 0 bridgehead atoms. The first kappa shape index (κ1) is 16.4. The average molecular weight is 268 g/mol. The molecule has 0 aromatic carbocycles. The van der Waals surface area contributed by atoms with Gasteiger partial charge in [0.1, 0.15) is 5.60 Å². The maximum absolute atomic E-state index is 11.5. The molecule has 0 saturated carbocycles. The molecule has 17 heavy (non-hydrogen) atoms. The summed E-state index contributed by atoms with van der Waals surface area (Å²) in [7, 11) is -0.671. The molecule has 0 fully saturated rings. The number of rotatable bonds is 6. The van der Waals surface area contributed by atoms with Crippen molar-refractivity contribution in [2.24, 2.45) is 0 Å². The molecule has 8 heteroatoms. The quantitative estimate of drug-likeness (QED) is 0.561. The molecule has 1 amide bonds. The lowest BCUT2D eigenvalue weighted by Gasteiger charge is -2.20. The molecule has 0 aliphatic heterocycles. The molecule has 0 aromatic heterocycles. The van der Waals surface area contributed by atoms with E-state index in [-0.39, 0.29) is 13.1 Å². The maximum atomic E-state index is 11.5. The van der Waals surface area contributed by atoms with Gasteiger partial charge in [0, 0.05) is 27.3 Å². The van der Waals surface area contributed by atoms with Crippen LogP contribution in [-0.4, -0.2) is 39.0 Å². The van der Waals surface area contributed by atoms with Gasteiger partial charge in [0.05, 0.1) is 0 Å². The van der Waals surface area contributed by atoms with Crippen LogP contribution in [0.25, 0.3) is 0 Å². The molecule has 0 radical (unpaired) electrons. The summed E-state index contributed by atoms with van der Waals surface area (Å²) >= 11 is 0. The number of ether oxygens (including phenoxy) is 1. The molecule has 7 nitrogen and oxygen atoms in total. The zero-order valence-electron chi connectivity index (χ0n) is 10.9. The van der Waals surface area contributed by atoms with E-state index in [0.717, 1.165) is 0 Å². The van der Waals surface area contributed by atoms with E-state index in [0.29, 0.717) is 0 Å². The van der Waals surface area contributed by atoms with Crippen molar-refractivity contribution in [1.29, 1.82) is 0 Å². The van der Waals surface area contributed by atoms with Gasteiger partial charge in [0.15, 0.2) is 0 Å². The maximum Gasteiger partial charge on any atom is 0.407 e. The topological polar surface area (TPSA) is 85.9 Å². The third kappa shape index (κ3) is 8.15. The van der Waals surface area contributed by atoms with Gasteiger partial charge in [0.2, 0.25) is 0 Å². The Hall–Kier alpha value is -0.620. The van der Waals surface area contributed by atoms with Crippen LogP contribution in [0, 0.1) is 0 Å². The van der Waals surface area contributed by atoms with Crippen LogP contribution in [0.3, 0.4) is 0 Å². The Morgan fingerprint density at radius 3 is 2.12 bits per heavy atom. The third-order valence-electron chi connectivity index (χ3n) is 1.58. The lowest BCUT2D eigenvalue weighted by atomic mass is 10.2. The first-order valence-corrected chi connectivity index (χ1v) is 6.70. The second-order valence-corrected chi connectivity index (χ2v) is 6.24. The van der Waals surface area contributed by atoms with E-state index >= 15 is 0 Å². The van der Waals surface area contributed by atoms with Gasteiger partial charge in [-0.2, -0.15) is 0 Å². The molecule has 0 saturated heterocycles. The predicted octanol–water partition coefficient (Wildman–Crippen LogP) is 1.50. The SMILES string of the molecule is COP(=O)(NCCNC(=O)OC(C)(C)C)OC. The van der Waals surface area contributed by atoms with Crippen LogP contribution in [0.4, 0.5) is 4.79 Å². The molecule has 0 aliphatic carbocycles. The third-order valence-corrected chi connectivity index (χ3v) is 3.15. The average Bonchev–Trinajstić information content (AvgIpc) is 2.21. The van der Waals surface area contributed by atoms with E-state index in [4.69, 9.17) is 4.74 Å². The number of carbonyl (C=O) groups excluding carboxylic acids is 1. The van der Waals surface area contributed by atoms with Gasteiger partial charge in [-0.25, -0.2) is 14.4 Å². The van der Waals surface area contributed by atoms with E-state index in [1.165, 1.54) is 14.2 Å². The van der Waals surface area contributed by atoms with Crippen LogP contribution in [0.5, 0.6) is 0 Å². The fourth-order valence-electron chi connectivity index (χ4n) is 0.875. The number of alkyl carbamates (subject to hydrolysis) is 1. The molecule has 0 unspecified atom stereocenters. The second-order valence-electron chi connectivity index (χ2n) is 4.20. The van der Waals surface area contributed by atoms with Crippen molar-refractivity contribution in [1.82, 2.24) is 10.4 Å². The van der Waals surface area contributed by atoms with Crippen molar-refractivity contribution in [3.8, 4) is 0 Å². The van der Waals surface area contributed by atoms with Gasteiger partial charge in [0.25, 0.3) is 0 Å². The lowest BCUT2D eigenvalue weighted by molar-refractivity contribution is 0.0528. The number of nitrogens with one attached hydrogen (secondary N) is 2. The van der Waals surface area contributed by atoms with Crippen molar-refractivity contribution in [3.63, 3.8) is 0 Å². The minimum atomic E-state index is -3.22. The van der Waals surface area contributed by atoms with Crippen molar-refractivity contribution in [2.75, 3.05) is 27.3 Å². The van der Waals surface area contributed by atoms with Crippen molar-refractivity contribution in [2.45, 2.75) is 26.4 Å². The van der Waals surface area contributed by atoms with E-state index in [2.05, 4.69) is 19.5 Å². The standard InChI is InChI=1S/C9H21N2O5P/c1-9(2,3)16-8(12)10-6-7-11-17(13,14-4)15-5/h6-7H2,1-5H3,(H,10,12)(H,11,13). The molecular weight excluding hydrogens is 247 g/mol. The van der Waals surface area contributed by atoms with Crippen LogP contribution in [0.15, 0.2) is 0 Å². The fourth-order valence-corrected chi connectivity index (χ4v) is 1.67. The van der Waals surface area contributed by atoms with Gasteiger partial charge >= 0.3 is 13.8 Å². The van der Waals surface area contributed by atoms with Crippen LogP contribution >= 0.6 is 7.75 Å². The van der Waals surface area contributed by atoms with Gasteiger partial charge in [-0.05, 0) is 20.8 Å². The second kappa shape index (κ2) is 6.96. The number of hydrogen-bond acceptors (Lipinski definition) is 5. The summed E-state index contributed by atoms with van der Waals surface area (Å²) in [5, 5.41) is 5.06. The Bertz CT molecular complexity index is 282. The highest BCUT2D eigenvalue weighted by Gasteiger charge is 2.20. The molecule has 0 heterocycles. The van der Waals surface area contributed by atoms with Gasteiger partial charge in [-0.3, -0.25) is 0 Å². The van der Waals surface area contributed by atoms with Crippen LogP contribution in [-0.2, 0) is 18.3 Å². The molecule has 0 aliphatic rings. The Morgan fingerprint density at radius 2 is 1.71 bits per heavy atom. The van der Waals surface area contributed by atoms with Gasteiger partial charge < -0.3 is 19.1 Å². The monoisotopic (exact) mass is 268 g/mol. The van der Waals surface area contributed by atoms with E-state index in [1.54, 1.807) is 20.8 Å². The highest BCUT2D eigenvalue weighted by atomic mass is 31.2. The Morgan fingerprint density at radius 1 is 1.18 bits per heavy atom. The summed E-state index contributed by atoms with van der Waals surface area (Å²) in [6, 6.07) is 0. The van der Waals surface area contributed by atoms with E-state index in [9.17, 15) is 9.36 Å². The van der Waals surface area contributed by atoms with Gasteiger partial charge in [-0.15, -0.1) is 0 Å². The number of hydrogen-bond donors (Lipinski definition) is 2. The summed E-state index contributed by atoms with van der Waals surface area (Å²) < 4.78 is 25.8. The van der Waals surface area contributed by atoms with E-state index in [1.807, 2.05) is 0 Å². The molecule has 0 rings (SSSR count). The molecule has 0 atom stereocenters. The molecule has 102 valence electrons. The normalized spacial score (nSPS) is 12.3. The summed E-state index contributed by atoms with van der Waals surface area (Å²) in [6.45, 7) is 5.82. The highest BCUT2D eigenvalue weighted by Crippen LogP contribution is 2.40. The first-order valence-electron chi connectivity index (χ1n) is 5.16. The molecule has 2 N–H and O–H groups in total. The largest absolute Gasteiger partial charge is 0.444 e. The predicted molar refractivity (Wildman–Crippen MR) is 63.9 cm³/mol. The zero-order chi connectivity index (χ0) is 13.5. The van der Waals surface area contributed by atoms with E-state index < -0.39 is 19.4 Å². The summed E-state index contributed by atoms with van der Waals surface area (Å²) in [5.41, 5.74) is -0.536. The molecule has 0 aromatic rings. The number of amides is 1. The fraction of sp³-hybridized carbons (Fsp3) is 0.889. The van der Waals surface area contributed by atoms with Crippen LogP contribution in [0.2, 0.25) is 0 Å². The van der Waals surface area contributed by atoms with Crippen molar-refractivity contribution in [3.05, 3.63) is 0 Å².